The van der Waals surface area contributed by atoms with E-state index in [0.29, 0.717) is 13.0 Å². The van der Waals surface area contributed by atoms with Crippen molar-refractivity contribution in [1.82, 2.24) is 5.32 Å². The molecule has 0 spiro atoms. The Morgan fingerprint density at radius 3 is 3.00 bits per heavy atom. The minimum absolute atomic E-state index is 0.102. The van der Waals surface area contributed by atoms with Crippen LogP contribution in [0.25, 0.3) is 0 Å². The summed E-state index contributed by atoms with van der Waals surface area (Å²) in [7, 11) is 0. The first-order valence-electron chi connectivity index (χ1n) is 3.69. The van der Waals surface area contributed by atoms with Gasteiger partial charge < -0.3 is 10.1 Å². The summed E-state index contributed by atoms with van der Waals surface area (Å²) in [6, 6.07) is -0.346. The summed E-state index contributed by atoms with van der Waals surface area (Å²) in [5.74, 6) is -0.181. The van der Waals surface area contributed by atoms with E-state index in [1.165, 1.54) is 6.92 Å². The molecule has 0 aromatic rings. The molecule has 1 aliphatic rings. The van der Waals surface area contributed by atoms with Crippen LogP contribution in [-0.2, 0) is 9.53 Å². The molecular weight excluding hydrogens is 149 g/mol. The van der Waals surface area contributed by atoms with Gasteiger partial charge in [0.2, 0.25) is 5.91 Å². The van der Waals surface area contributed by atoms with Gasteiger partial charge in [0.15, 0.2) is 0 Å². The maximum atomic E-state index is 12.9. The molecule has 11 heavy (non-hydrogen) atoms. The lowest BCUT2D eigenvalue weighted by atomic mass is 10.1. The Kier molecular flexibility index (Phi) is 2.82. The highest BCUT2D eigenvalue weighted by atomic mass is 19.1. The van der Waals surface area contributed by atoms with Crippen LogP contribution in [0.1, 0.15) is 13.3 Å². The van der Waals surface area contributed by atoms with Gasteiger partial charge in [-0.05, 0) is 6.42 Å². The van der Waals surface area contributed by atoms with Gasteiger partial charge in [-0.25, -0.2) is 4.39 Å². The second-order valence-corrected chi connectivity index (χ2v) is 2.69. The molecule has 0 aromatic carbocycles. The van der Waals surface area contributed by atoms with Crippen molar-refractivity contribution in [2.24, 2.45) is 0 Å². The van der Waals surface area contributed by atoms with Crippen LogP contribution < -0.4 is 5.32 Å². The number of nitrogens with one attached hydrogen (secondary N) is 1. The molecule has 0 saturated carbocycles. The predicted octanol–water partition coefficient (Wildman–Crippen LogP) is 0.250. The summed E-state index contributed by atoms with van der Waals surface area (Å²) in [5, 5.41) is 2.54. The number of hydrogen-bond acceptors (Lipinski definition) is 2. The van der Waals surface area contributed by atoms with Crippen LogP contribution in [0.5, 0.6) is 0 Å². The monoisotopic (exact) mass is 161 g/mol. The van der Waals surface area contributed by atoms with Crippen LogP contribution in [0, 0.1) is 0 Å². The van der Waals surface area contributed by atoms with Gasteiger partial charge in [0, 0.05) is 13.5 Å². The van der Waals surface area contributed by atoms with Crippen molar-refractivity contribution >= 4 is 5.91 Å². The van der Waals surface area contributed by atoms with Crippen molar-refractivity contribution in [2.45, 2.75) is 25.6 Å². The lowest BCUT2D eigenvalue weighted by Crippen LogP contribution is -2.46. The number of carbonyl (C=O) groups excluding carboxylic acids is 1. The number of halogens is 1. The molecule has 1 rings (SSSR count). The summed E-state index contributed by atoms with van der Waals surface area (Å²) in [6.45, 7) is 2.03. The number of carbonyl (C=O) groups is 1. The summed E-state index contributed by atoms with van der Waals surface area (Å²) < 4.78 is 17.7. The van der Waals surface area contributed by atoms with E-state index < -0.39 is 6.17 Å². The number of amides is 1. The Labute approximate surface area is 64.9 Å². The maximum absolute atomic E-state index is 12.9. The van der Waals surface area contributed by atoms with Crippen LogP contribution in [0.3, 0.4) is 0 Å². The second-order valence-electron chi connectivity index (χ2n) is 2.69. The van der Waals surface area contributed by atoms with Crippen LogP contribution in [-0.4, -0.2) is 31.3 Å². The van der Waals surface area contributed by atoms with Crippen molar-refractivity contribution in [3.05, 3.63) is 0 Å². The zero-order valence-electron chi connectivity index (χ0n) is 6.47. The third kappa shape index (κ3) is 2.46. The van der Waals surface area contributed by atoms with Crippen molar-refractivity contribution in [2.75, 3.05) is 13.2 Å². The third-order valence-corrected chi connectivity index (χ3v) is 1.68. The standard InChI is InChI=1S/C7H12FNO2/c1-5(10)9-7-2-3-11-4-6(7)8/h6-7H,2-4H2,1H3,(H,9,10). The van der Waals surface area contributed by atoms with E-state index in [1.807, 2.05) is 0 Å². The van der Waals surface area contributed by atoms with Crippen LogP contribution in [0.2, 0.25) is 0 Å². The molecule has 0 bridgehead atoms. The molecule has 2 atom stereocenters. The number of hydrogen-bond donors (Lipinski definition) is 1. The molecule has 4 heteroatoms. The molecule has 64 valence electrons. The molecule has 0 radical (unpaired) electrons. The SMILES string of the molecule is CC(=O)NC1CCOCC1F. The lowest BCUT2D eigenvalue weighted by Gasteiger charge is -2.26. The molecule has 0 aliphatic carbocycles. The molecule has 1 aliphatic heterocycles. The summed E-state index contributed by atoms with van der Waals surface area (Å²) >= 11 is 0. The van der Waals surface area contributed by atoms with Gasteiger partial charge in [0.1, 0.15) is 6.17 Å². The van der Waals surface area contributed by atoms with Crippen molar-refractivity contribution < 1.29 is 13.9 Å². The zero-order chi connectivity index (χ0) is 8.27. The lowest BCUT2D eigenvalue weighted by molar-refractivity contribution is -0.121. The van der Waals surface area contributed by atoms with Crippen molar-refractivity contribution in [3.63, 3.8) is 0 Å². The molecule has 1 amide bonds. The highest BCUT2D eigenvalue weighted by molar-refractivity contribution is 5.73. The Balaban J connectivity index is 2.35. The van der Waals surface area contributed by atoms with Crippen molar-refractivity contribution in [3.8, 4) is 0 Å². The van der Waals surface area contributed by atoms with Crippen LogP contribution >= 0.6 is 0 Å². The number of alkyl halides is 1. The van der Waals surface area contributed by atoms with E-state index in [1.54, 1.807) is 0 Å². The zero-order valence-corrected chi connectivity index (χ0v) is 6.47. The Bertz CT molecular complexity index is 151. The van der Waals surface area contributed by atoms with Gasteiger partial charge in [0.05, 0.1) is 12.6 Å². The summed E-state index contributed by atoms with van der Waals surface area (Å²) in [4.78, 5) is 10.5. The van der Waals surface area contributed by atoms with E-state index in [2.05, 4.69) is 5.32 Å². The largest absolute Gasteiger partial charge is 0.378 e. The molecule has 1 N–H and O–H groups in total. The van der Waals surface area contributed by atoms with Gasteiger partial charge in [-0.2, -0.15) is 0 Å². The minimum atomic E-state index is -1.05. The Morgan fingerprint density at radius 2 is 2.45 bits per heavy atom. The first kappa shape index (κ1) is 8.46. The van der Waals surface area contributed by atoms with Gasteiger partial charge in [-0.15, -0.1) is 0 Å². The molecular formula is C7H12FNO2. The normalized spacial score (nSPS) is 31.5. The molecule has 1 heterocycles. The van der Waals surface area contributed by atoms with E-state index in [-0.39, 0.29) is 18.6 Å². The molecule has 1 saturated heterocycles. The van der Waals surface area contributed by atoms with Gasteiger partial charge in [-0.1, -0.05) is 0 Å². The second kappa shape index (κ2) is 3.67. The molecule has 0 aromatic heterocycles. The Hall–Kier alpha value is -0.640. The fourth-order valence-electron chi connectivity index (χ4n) is 1.13. The van der Waals surface area contributed by atoms with Crippen LogP contribution in [0.15, 0.2) is 0 Å². The minimum Gasteiger partial charge on any atom is -0.378 e. The van der Waals surface area contributed by atoms with Crippen LogP contribution in [0.4, 0.5) is 4.39 Å². The van der Waals surface area contributed by atoms with Gasteiger partial charge in [0.25, 0.3) is 0 Å². The summed E-state index contributed by atoms with van der Waals surface area (Å²) in [5.41, 5.74) is 0. The molecule has 3 nitrogen and oxygen atoms in total. The van der Waals surface area contributed by atoms with Crippen molar-refractivity contribution in [1.29, 1.82) is 0 Å². The third-order valence-electron chi connectivity index (χ3n) is 1.68. The smallest absolute Gasteiger partial charge is 0.217 e. The van der Waals surface area contributed by atoms with Gasteiger partial charge in [-0.3, -0.25) is 4.79 Å². The number of ether oxygens (including phenoxy) is 1. The first-order valence-corrected chi connectivity index (χ1v) is 3.69. The highest BCUT2D eigenvalue weighted by Gasteiger charge is 2.25. The highest BCUT2D eigenvalue weighted by Crippen LogP contribution is 2.10. The predicted molar refractivity (Wildman–Crippen MR) is 37.9 cm³/mol. The number of rotatable bonds is 1. The Morgan fingerprint density at radius 1 is 1.73 bits per heavy atom. The average Bonchev–Trinajstić information content (AvgIpc) is 1.93. The van der Waals surface area contributed by atoms with Gasteiger partial charge >= 0.3 is 0 Å². The molecule has 1 fully saturated rings. The van der Waals surface area contributed by atoms with E-state index in [4.69, 9.17) is 4.74 Å². The quantitative estimate of drug-likeness (QED) is 0.598. The topological polar surface area (TPSA) is 38.3 Å². The van der Waals surface area contributed by atoms with E-state index in [0.717, 1.165) is 0 Å². The first-order chi connectivity index (χ1) is 5.20. The maximum Gasteiger partial charge on any atom is 0.217 e. The fourth-order valence-corrected chi connectivity index (χ4v) is 1.13. The molecule has 2 unspecified atom stereocenters. The van der Waals surface area contributed by atoms with E-state index >= 15 is 0 Å². The summed E-state index contributed by atoms with van der Waals surface area (Å²) in [6.07, 6.45) is -0.478. The fraction of sp³-hybridized carbons (Fsp3) is 0.857. The average molecular weight is 161 g/mol. The van der Waals surface area contributed by atoms with E-state index in [9.17, 15) is 9.18 Å².